The van der Waals surface area contributed by atoms with Gasteiger partial charge in [-0.05, 0) is 18.2 Å². The third-order valence-electron chi connectivity index (χ3n) is 1.56. The average molecular weight is 214 g/mol. The molecule has 13 heavy (non-hydrogen) atoms. The van der Waals surface area contributed by atoms with Crippen molar-refractivity contribution in [2.75, 3.05) is 0 Å². The van der Waals surface area contributed by atoms with Crippen LogP contribution in [0.4, 0.5) is 13.2 Å². The van der Waals surface area contributed by atoms with Gasteiger partial charge in [-0.2, -0.15) is 13.2 Å². The van der Waals surface area contributed by atoms with Gasteiger partial charge in [0.05, 0.1) is 0 Å². The van der Waals surface area contributed by atoms with Crippen molar-refractivity contribution >= 4 is 17.5 Å². The highest BCUT2D eigenvalue weighted by Gasteiger charge is 2.30. The SMILES string of the molecule is CCC(=O)CCC(C)SC(F)(F)F. The highest BCUT2D eigenvalue weighted by Crippen LogP contribution is 2.35. The first-order valence-corrected chi connectivity index (χ1v) is 4.99. The number of carbonyl (C=O) groups is 1. The van der Waals surface area contributed by atoms with Gasteiger partial charge in [0.1, 0.15) is 5.78 Å². The topological polar surface area (TPSA) is 17.1 Å². The first-order valence-electron chi connectivity index (χ1n) is 4.11. The predicted octanol–water partition coefficient (Wildman–Crippen LogP) is 3.39. The number of halogens is 3. The zero-order valence-electron chi connectivity index (χ0n) is 7.65. The molecular formula is C8H13F3OS. The second-order valence-corrected chi connectivity index (χ2v) is 4.31. The van der Waals surface area contributed by atoms with E-state index in [1.165, 1.54) is 6.92 Å². The maximum atomic E-state index is 11.8. The van der Waals surface area contributed by atoms with Crippen molar-refractivity contribution < 1.29 is 18.0 Å². The maximum absolute atomic E-state index is 11.8. The summed E-state index contributed by atoms with van der Waals surface area (Å²) in [5, 5.41) is -0.532. The molecule has 0 amide bonds. The Hall–Kier alpha value is -0.190. The van der Waals surface area contributed by atoms with Gasteiger partial charge in [0.15, 0.2) is 0 Å². The second kappa shape index (κ2) is 5.52. The average Bonchev–Trinajstić information content (AvgIpc) is 1.97. The molecule has 1 nitrogen and oxygen atoms in total. The standard InChI is InChI=1S/C8H13F3OS/c1-3-7(12)5-4-6(2)13-8(9,10)11/h6H,3-5H2,1-2H3. The van der Waals surface area contributed by atoms with Gasteiger partial charge in [-0.1, -0.05) is 13.8 Å². The number of ketones is 1. The lowest BCUT2D eigenvalue weighted by Crippen LogP contribution is -2.10. The van der Waals surface area contributed by atoms with Gasteiger partial charge in [-0.25, -0.2) is 0 Å². The Morgan fingerprint density at radius 2 is 2.00 bits per heavy atom. The van der Waals surface area contributed by atoms with Crippen LogP contribution in [0.15, 0.2) is 0 Å². The first-order chi connectivity index (χ1) is 5.85. The molecule has 78 valence electrons. The zero-order chi connectivity index (χ0) is 10.5. The minimum atomic E-state index is -4.19. The Kier molecular flexibility index (Phi) is 5.44. The lowest BCUT2D eigenvalue weighted by atomic mass is 10.1. The Labute approximate surface area is 80.1 Å². The van der Waals surface area contributed by atoms with Gasteiger partial charge in [0.25, 0.3) is 0 Å². The molecule has 0 aromatic heterocycles. The quantitative estimate of drug-likeness (QED) is 0.697. The molecule has 5 heteroatoms. The molecular weight excluding hydrogens is 201 g/mol. The normalized spacial score (nSPS) is 14.2. The molecule has 0 aliphatic carbocycles. The molecule has 0 N–H and O–H groups in total. The van der Waals surface area contributed by atoms with Crippen molar-refractivity contribution in [3.8, 4) is 0 Å². The fraction of sp³-hybridized carbons (Fsp3) is 0.875. The molecule has 0 aliphatic heterocycles. The highest BCUT2D eigenvalue weighted by molar-refractivity contribution is 8.00. The van der Waals surface area contributed by atoms with Crippen LogP contribution in [0.3, 0.4) is 0 Å². The van der Waals surface area contributed by atoms with E-state index in [-0.39, 0.29) is 24.0 Å². The number of rotatable bonds is 5. The zero-order valence-corrected chi connectivity index (χ0v) is 8.47. The Bertz CT molecular complexity index is 167. The van der Waals surface area contributed by atoms with Gasteiger partial charge in [0, 0.05) is 18.1 Å². The van der Waals surface area contributed by atoms with E-state index in [2.05, 4.69) is 0 Å². The van der Waals surface area contributed by atoms with E-state index in [0.29, 0.717) is 12.8 Å². The monoisotopic (exact) mass is 214 g/mol. The van der Waals surface area contributed by atoms with Crippen LogP contribution >= 0.6 is 11.8 Å². The van der Waals surface area contributed by atoms with Crippen LogP contribution in [0.5, 0.6) is 0 Å². The maximum Gasteiger partial charge on any atom is 0.442 e. The molecule has 0 fully saturated rings. The second-order valence-electron chi connectivity index (χ2n) is 2.81. The highest BCUT2D eigenvalue weighted by atomic mass is 32.2. The number of alkyl halides is 3. The predicted molar refractivity (Wildman–Crippen MR) is 47.6 cm³/mol. The fourth-order valence-corrected chi connectivity index (χ4v) is 1.52. The first kappa shape index (κ1) is 12.8. The van der Waals surface area contributed by atoms with E-state index in [0.717, 1.165) is 0 Å². The molecule has 0 aromatic rings. The van der Waals surface area contributed by atoms with Crippen molar-refractivity contribution in [1.82, 2.24) is 0 Å². The minimum absolute atomic E-state index is 0.0228. The van der Waals surface area contributed by atoms with E-state index in [4.69, 9.17) is 0 Å². The Morgan fingerprint density at radius 3 is 2.38 bits per heavy atom. The fourth-order valence-electron chi connectivity index (χ4n) is 0.828. The van der Waals surface area contributed by atoms with Gasteiger partial charge in [-0.3, -0.25) is 4.79 Å². The van der Waals surface area contributed by atoms with Gasteiger partial charge in [0.2, 0.25) is 0 Å². The molecule has 0 radical (unpaired) electrons. The van der Waals surface area contributed by atoms with E-state index < -0.39 is 10.8 Å². The largest absolute Gasteiger partial charge is 0.442 e. The van der Waals surface area contributed by atoms with Crippen molar-refractivity contribution in [2.45, 2.75) is 43.9 Å². The van der Waals surface area contributed by atoms with Crippen LogP contribution < -0.4 is 0 Å². The lowest BCUT2D eigenvalue weighted by molar-refractivity contribution is -0.118. The van der Waals surface area contributed by atoms with Gasteiger partial charge < -0.3 is 0 Å². The number of hydrogen-bond donors (Lipinski definition) is 0. The van der Waals surface area contributed by atoms with E-state index in [9.17, 15) is 18.0 Å². The number of hydrogen-bond acceptors (Lipinski definition) is 2. The van der Waals surface area contributed by atoms with Crippen molar-refractivity contribution in [2.24, 2.45) is 0 Å². The lowest BCUT2D eigenvalue weighted by Gasteiger charge is -2.12. The molecule has 0 heterocycles. The van der Waals surface area contributed by atoms with Crippen LogP contribution in [0.1, 0.15) is 33.1 Å². The van der Waals surface area contributed by atoms with Crippen molar-refractivity contribution in [3.05, 3.63) is 0 Å². The molecule has 0 saturated heterocycles. The molecule has 0 aromatic carbocycles. The van der Waals surface area contributed by atoms with Crippen LogP contribution in [0.2, 0.25) is 0 Å². The summed E-state index contributed by atoms with van der Waals surface area (Å²) < 4.78 is 35.4. The Morgan fingerprint density at radius 1 is 1.46 bits per heavy atom. The van der Waals surface area contributed by atoms with Crippen LogP contribution in [-0.4, -0.2) is 16.5 Å². The smallest absolute Gasteiger partial charge is 0.300 e. The third kappa shape index (κ3) is 8.15. The summed E-state index contributed by atoms with van der Waals surface area (Å²) in [7, 11) is 0. The molecule has 0 spiro atoms. The minimum Gasteiger partial charge on any atom is -0.300 e. The number of thioether (sulfide) groups is 1. The van der Waals surface area contributed by atoms with Crippen molar-refractivity contribution in [1.29, 1.82) is 0 Å². The summed E-state index contributed by atoms with van der Waals surface area (Å²) in [4.78, 5) is 10.8. The van der Waals surface area contributed by atoms with Crippen molar-refractivity contribution in [3.63, 3.8) is 0 Å². The van der Waals surface area contributed by atoms with Crippen LogP contribution in [-0.2, 0) is 4.79 Å². The summed E-state index contributed by atoms with van der Waals surface area (Å²) in [6.45, 7) is 3.20. The van der Waals surface area contributed by atoms with E-state index in [1.807, 2.05) is 0 Å². The summed E-state index contributed by atoms with van der Waals surface area (Å²) in [5.74, 6) is 0.0228. The molecule has 0 rings (SSSR count). The summed E-state index contributed by atoms with van der Waals surface area (Å²) >= 11 is -0.0430. The van der Waals surface area contributed by atoms with Gasteiger partial charge >= 0.3 is 5.51 Å². The van der Waals surface area contributed by atoms with E-state index in [1.54, 1.807) is 6.92 Å². The van der Waals surface area contributed by atoms with Crippen LogP contribution in [0.25, 0.3) is 0 Å². The molecule has 1 atom stereocenters. The Balaban J connectivity index is 3.63. The summed E-state index contributed by atoms with van der Waals surface area (Å²) in [5.41, 5.74) is -4.19. The number of Topliss-reactive ketones (excluding diaryl/α,β-unsaturated/α-hetero) is 1. The molecule has 0 saturated carbocycles. The molecule has 0 bridgehead atoms. The van der Waals surface area contributed by atoms with Crippen LogP contribution in [0, 0.1) is 0 Å². The molecule has 1 unspecified atom stereocenters. The summed E-state index contributed by atoms with van der Waals surface area (Å²) in [6, 6.07) is 0. The van der Waals surface area contributed by atoms with Gasteiger partial charge in [-0.15, -0.1) is 0 Å². The number of carbonyl (C=O) groups excluding carboxylic acids is 1. The summed E-state index contributed by atoms with van der Waals surface area (Å²) in [6.07, 6.45) is 0.959. The van der Waals surface area contributed by atoms with E-state index >= 15 is 0 Å². The third-order valence-corrected chi connectivity index (χ3v) is 2.46. The molecule has 0 aliphatic rings.